The highest BCUT2D eigenvalue weighted by Crippen LogP contribution is 2.37. The number of benzene rings is 2. The molecule has 2 aromatic carbocycles. The number of aromatic amines is 1. The van der Waals surface area contributed by atoms with Crippen LogP contribution < -0.4 is 15.8 Å². The van der Waals surface area contributed by atoms with Gasteiger partial charge in [-0.3, -0.25) is 5.10 Å². The second-order valence-corrected chi connectivity index (χ2v) is 9.24. The maximum Gasteiger partial charge on any atom is 0.221 e. The number of hydrogen-bond donors (Lipinski definition) is 3. The zero-order chi connectivity index (χ0) is 22.2. The van der Waals surface area contributed by atoms with Crippen LogP contribution in [0.2, 0.25) is 0 Å². The molecule has 0 radical (unpaired) electrons. The van der Waals surface area contributed by atoms with Gasteiger partial charge in [0.1, 0.15) is 11.6 Å². The van der Waals surface area contributed by atoms with E-state index in [1.807, 2.05) is 25.1 Å². The fourth-order valence-corrected chi connectivity index (χ4v) is 4.21. The highest BCUT2D eigenvalue weighted by atomic mass is 32.2. The van der Waals surface area contributed by atoms with E-state index in [-0.39, 0.29) is 16.6 Å². The number of hydrogen-bond acceptors (Lipinski definition) is 8. The molecule has 0 bridgehead atoms. The van der Waals surface area contributed by atoms with Crippen LogP contribution in [0.25, 0.3) is 22.0 Å². The summed E-state index contributed by atoms with van der Waals surface area (Å²) >= 11 is 0. The van der Waals surface area contributed by atoms with Gasteiger partial charge < -0.3 is 15.8 Å². The fourth-order valence-electron chi connectivity index (χ4n) is 3.31. The SMILES string of the molecule is CCS(=O)(=O)c1ccc(OC)c(-c2cnc(N)nc2Nc2ccc3c(C)[nH]nc3c2)c1. The molecule has 0 aliphatic rings. The van der Waals surface area contributed by atoms with Crippen molar-refractivity contribution < 1.29 is 13.2 Å². The minimum atomic E-state index is -3.41. The van der Waals surface area contributed by atoms with Gasteiger partial charge in [-0.15, -0.1) is 0 Å². The summed E-state index contributed by atoms with van der Waals surface area (Å²) in [5.41, 5.74) is 9.46. The molecular weight excluding hydrogens is 416 g/mol. The standard InChI is InChI=1S/C21H22N6O3S/c1-4-31(28,29)14-6-8-19(30-3)16(10-14)17-11-23-21(22)25-20(17)24-13-5-7-15-12(2)26-27-18(15)9-13/h5-11H,4H2,1-3H3,(H,26,27)(H3,22,23,24,25). The normalized spacial score (nSPS) is 11.6. The van der Waals surface area contributed by atoms with Gasteiger partial charge in [0.25, 0.3) is 0 Å². The van der Waals surface area contributed by atoms with Crippen molar-refractivity contribution in [1.82, 2.24) is 20.2 Å². The lowest BCUT2D eigenvalue weighted by Gasteiger charge is -2.15. The number of aromatic nitrogens is 4. The third kappa shape index (κ3) is 3.89. The number of fused-ring (bicyclic) bond motifs is 1. The maximum atomic E-state index is 12.4. The van der Waals surface area contributed by atoms with E-state index in [4.69, 9.17) is 10.5 Å². The van der Waals surface area contributed by atoms with Crippen LogP contribution in [0.4, 0.5) is 17.5 Å². The molecule has 2 heterocycles. The lowest BCUT2D eigenvalue weighted by atomic mass is 10.1. The van der Waals surface area contributed by atoms with Crippen molar-refractivity contribution in [3.63, 3.8) is 0 Å². The summed E-state index contributed by atoms with van der Waals surface area (Å²) in [6.45, 7) is 3.56. The number of sulfone groups is 1. The second kappa shape index (κ2) is 7.88. The molecule has 0 fully saturated rings. The third-order valence-electron chi connectivity index (χ3n) is 5.02. The van der Waals surface area contributed by atoms with Crippen LogP contribution >= 0.6 is 0 Å². The first-order valence-electron chi connectivity index (χ1n) is 9.58. The monoisotopic (exact) mass is 438 g/mol. The number of nitrogens with two attached hydrogens (primary N) is 1. The van der Waals surface area contributed by atoms with Gasteiger partial charge in [0, 0.05) is 34.1 Å². The smallest absolute Gasteiger partial charge is 0.221 e. The number of ether oxygens (including phenoxy) is 1. The molecule has 4 aromatic rings. The number of aryl methyl sites for hydroxylation is 1. The number of anilines is 3. The van der Waals surface area contributed by atoms with Crippen LogP contribution in [0.1, 0.15) is 12.6 Å². The average molecular weight is 439 g/mol. The Labute approximate surface area is 179 Å². The molecule has 0 atom stereocenters. The highest BCUT2D eigenvalue weighted by Gasteiger charge is 2.19. The number of nitrogen functional groups attached to an aromatic ring is 1. The van der Waals surface area contributed by atoms with Gasteiger partial charge in [0.05, 0.1) is 23.3 Å². The van der Waals surface area contributed by atoms with Gasteiger partial charge in [-0.25, -0.2) is 13.4 Å². The minimum Gasteiger partial charge on any atom is -0.496 e. The number of rotatable bonds is 6. The Bertz CT molecular complexity index is 1380. The molecule has 0 saturated heterocycles. The zero-order valence-corrected chi connectivity index (χ0v) is 18.1. The summed E-state index contributed by atoms with van der Waals surface area (Å²) < 4.78 is 30.3. The van der Waals surface area contributed by atoms with Crippen LogP contribution in [0.15, 0.2) is 47.5 Å². The van der Waals surface area contributed by atoms with Crippen LogP contribution in [0.3, 0.4) is 0 Å². The first-order valence-corrected chi connectivity index (χ1v) is 11.2. The summed E-state index contributed by atoms with van der Waals surface area (Å²) in [6.07, 6.45) is 1.54. The van der Waals surface area contributed by atoms with Gasteiger partial charge >= 0.3 is 0 Å². The number of methoxy groups -OCH3 is 1. The fraction of sp³-hybridized carbons (Fsp3) is 0.190. The Morgan fingerprint density at radius 1 is 1.16 bits per heavy atom. The number of nitrogens with zero attached hydrogens (tertiary/aromatic N) is 3. The van der Waals surface area contributed by atoms with Crippen molar-refractivity contribution in [3.8, 4) is 16.9 Å². The molecule has 2 aromatic heterocycles. The van der Waals surface area contributed by atoms with E-state index in [9.17, 15) is 8.42 Å². The molecule has 9 nitrogen and oxygen atoms in total. The van der Waals surface area contributed by atoms with Gasteiger partial charge in [-0.05, 0) is 43.3 Å². The Balaban J connectivity index is 1.84. The third-order valence-corrected chi connectivity index (χ3v) is 6.75. The van der Waals surface area contributed by atoms with E-state index in [1.54, 1.807) is 25.3 Å². The molecule has 160 valence electrons. The van der Waals surface area contributed by atoms with Crippen molar-refractivity contribution in [1.29, 1.82) is 0 Å². The first kappa shape index (κ1) is 20.6. The van der Waals surface area contributed by atoms with Crippen molar-refractivity contribution >= 4 is 38.2 Å². The van der Waals surface area contributed by atoms with E-state index in [0.29, 0.717) is 22.7 Å². The number of H-pyrrole nitrogens is 1. The lowest BCUT2D eigenvalue weighted by Crippen LogP contribution is -2.06. The van der Waals surface area contributed by atoms with Crippen LogP contribution in [0.5, 0.6) is 5.75 Å². The molecule has 0 aliphatic carbocycles. The van der Waals surface area contributed by atoms with Crippen molar-refractivity contribution in [3.05, 3.63) is 48.3 Å². The highest BCUT2D eigenvalue weighted by molar-refractivity contribution is 7.91. The van der Waals surface area contributed by atoms with Gasteiger partial charge in [-0.2, -0.15) is 10.1 Å². The first-order chi connectivity index (χ1) is 14.8. The van der Waals surface area contributed by atoms with Crippen LogP contribution in [-0.2, 0) is 9.84 Å². The van der Waals surface area contributed by atoms with E-state index in [2.05, 4.69) is 25.5 Å². The van der Waals surface area contributed by atoms with Gasteiger partial charge in [0.15, 0.2) is 9.84 Å². The predicted molar refractivity (Wildman–Crippen MR) is 120 cm³/mol. The summed E-state index contributed by atoms with van der Waals surface area (Å²) in [7, 11) is -1.89. The lowest BCUT2D eigenvalue weighted by molar-refractivity contribution is 0.416. The van der Waals surface area contributed by atoms with E-state index in [0.717, 1.165) is 22.3 Å². The minimum absolute atomic E-state index is 0.00872. The molecule has 0 unspecified atom stereocenters. The Kier molecular flexibility index (Phi) is 5.24. The molecular formula is C21H22N6O3S. The molecule has 0 saturated carbocycles. The van der Waals surface area contributed by atoms with E-state index < -0.39 is 9.84 Å². The van der Waals surface area contributed by atoms with Crippen LogP contribution in [-0.4, -0.2) is 41.4 Å². The largest absolute Gasteiger partial charge is 0.496 e. The topological polar surface area (TPSA) is 136 Å². The summed E-state index contributed by atoms with van der Waals surface area (Å²) in [6, 6.07) is 10.5. The molecule has 4 N–H and O–H groups in total. The van der Waals surface area contributed by atoms with E-state index >= 15 is 0 Å². The molecule has 0 spiro atoms. The van der Waals surface area contributed by atoms with Crippen molar-refractivity contribution in [2.45, 2.75) is 18.7 Å². The van der Waals surface area contributed by atoms with Crippen molar-refractivity contribution in [2.24, 2.45) is 0 Å². The molecule has 31 heavy (non-hydrogen) atoms. The average Bonchev–Trinajstić information content (AvgIpc) is 3.13. The molecule has 0 aliphatic heterocycles. The second-order valence-electron chi connectivity index (χ2n) is 6.96. The Morgan fingerprint density at radius 3 is 2.71 bits per heavy atom. The maximum absolute atomic E-state index is 12.4. The summed E-state index contributed by atoms with van der Waals surface area (Å²) in [5, 5.41) is 11.5. The van der Waals surface area contributed by atoms with Gasteiger partial charge in [-0.1, -0.05) is 6.92 Å². The molecule has 0 amide bonds. The van der Waals surface area contributed by atoms with E-state index in [1.165, 1.54) is 13.2 Å². The quantitative estimate of drug-likeness (QED) is 0.416. The van der Waals surface area contributed by atoms with Crippen molar-refractivity contribution in [2.75, 3.05) is 23.9 Å². The van der Waals surface area contributed by atoms with Crippen LogP contribution in [0, 0.1) is 6.92 Å². The van der Waals surface area contributed by atoms with Gasteiger partial charge in [0.2, 0.25) is 5.95 Å². The molecule has 4 rings (SSSR count). The zero-order valence-electron chi connectivity index (χ0n) is 17.3. The summed E-state index contributed by atoms with van der Waals surface area (Å²) in [4.78, 5) is 8.64. The Hall–Kier alpha value is -3.66. The molecule has 10 heteroatoms. The summed E-state index contributed by atoms with van der Waals surface area (Å²) in [5.74, 6) is 0.984. The Morgan fingerprint density at radius 2 is 1.97 bits per heavy atom. The predicted octanol–water partition coefficient (Wildman–Crippen LogP) is 3.46. The number of nitrogens with one attached hydrogen (secondary N) is 2.